The molecule has 3 N–H and O–H groups in total. The van der Waals surface area contributed by atoms with E-state index < -0.39 is 0 Å². The first kappa shape index (κ1) is 20.5. The van der Waals surface area contributed by atoms with Crippen molar-refractivity contribution in [2.45, 2.75) is 57.3 Å². The highest BCUT2D eigenvalue weighted by Crippen LogP contribution is 2.33. The minimum absolute atomic E-state index is 0.0590. The van der Waals surface area contributed by atoms with Gasteiger partial charge in [0.15, 0.2) is 6.29 Å². The van der Waals surface area contributed by atoms with Crippen LogP contribution in [0.2, 0.25) is 0 Å². The molecule has 2 aromatic rings. The molecule has 1 saturated carbocycles. The van der Waals surface area contributed by atoms with Gasteiger partial charge in [-0.1, -0.05) is 37.5 Å². The molecule has 6 heteroatoms. The molecule has 1 saturated heterocycles. The van der Waals surface area contributed by atoms with Crippen LogP contribution >= 0.6 is 0 Å². The van der Waals surface area contributed by atoms with Crippen LogP contribution in [0.25, 0.3) is 11.1 Å². The SMILES string of the molecule is C1=NC(NC2CCCCC2)Nc2c1cccc2-c1ccc(NCCN2CCCC2)nc1. The fourth-order valence-corrected chi connectivity index (χ4v) is 4.99. The number of aliphatic imine (C=N–C) groups is 1. The Morgan fingerprint density at radius 2 is 1.87 bits per heavy atom. The zero-order chi connectivity index (χ0) is 20.9. The van der Waals surface area contributed by atoms with Crippen LogP contribution in [0, 0.1) is 0 Å². The zero-order valence-electron chi connectivity index (χ0n) is 18.3. The molecule has 0 radical (unpaired) electrons. The molecule has 3 heterocycles. The highest BCUT2D eigenvalue weighted by atomic mass is 15.3. The van der Waals surface area contributed by atoms with Gasteiger partial charge in [0.1, 0.15) is 5.82 Å². The highest BCUT2D eigenvalue weighted by Gasteiger charge is 2.21. The molecular formula is C25H34N6. The lowest BCUT2D eigenvalue weighted by Gasteiger charge is -2.30. The molecule has 1 aliphatic carbocycles. The van der Waals surface area contributed by atoms with E-state index in [1.165, 1.54) is 63.6 Å². The van der Waals surface area contributed by atoms with Crippen molar-refractivity contribution in [3.63, 3.8) is 0 Å². The van der Waals surface area contributed by atoms with E-state index in [2.05, 4.69) is 56.2 Å². The largest absolute Gasteiger partial charge is 0.369 e. The molecule has 31 heavy (non-hydrogen) atoms. The van der Waals surface area contributed by atoms with Gasteiger partial charge in [-0.3, -0.25) is 10.3 Å². The molecule has 6 nitrogen and oxygen atoms in total. The molecular weight excluding hydrogens is 384 g/mol. The summed E-state index contributed by atoms with van der Waals surface area (Å²) in [5.74, 6) is 0.944. The number of hydrogen-bond acceptors (Lipinski definition) is 6. The summed E-state index contributed by atoms with van der Waals surface area (Å²) in [5, 5.41) is 10.8. The minimum Gasteiger partial charge on any atom is -0.369 e. The van der Waals surface area contributed by atoms with Gasteiger partial charge in [0.25, 0.3) is 0 Å². The van der Waals surface area contributed by atoms with Gasteiger partial charge in [0.2, 0.25) is 0 Å². The third-order valence-corrected chi connectivity index (χ3v) is 6.75. The number of fused-ring (bicyclic) bond motifs is 1. The molecule has 2 fully saturated rings. The topological polar surface area (TPSA) is 64.6 Å². The van der Waals surface area contributed by atoms with Gasteiger partial charge in [0, 0.05) is 48.2 Å². The Balaban J connectivity index is 1.24. The first-order chi connectivity index (χ1) is 15.3. The van der Waals surface area contributed by atoms with Crippen LogP contribution in [0.5, 0.6) is 0 Å². The predicted molar refractivity (Wildman–Crippen MR) is 129 cm³/mol. The van der Waals surface area contributed by atoms with Crippen LogP contribution in [-0.4, -0.2) is 54.6 Å². The Kier molecular flexibility index (Phi) is 6.46. The summed E-state index contributed by atoms with van der Waals surface area (Å²) in [5.41, 5.74) is 4.57. The van der Waals surface area contributed by atoms with Crippen molar-refractivity contribution in [1.82, 2.24) is 15.2 Å². The summed E-state index contributed by atoms with van der Waals surface area (Å²) in [4.78, 5) is 11.9. The third kappa shape index (κ3) is 5.08. The number of para-hydroxylation sites is 1. The van der Waals surface area contributed by atoms with E-state index in [0.29, 0.717) is 6.04 Å². The lowest BCUT2D eigenvalue weighted by molar-refractivity contribution is 0.351. The van der Waals surface area contributed by atoms with Crippen LogP contribution in [0.3, 0.4) is 0 Å². The number of hydrogen-bond donors (Lipinski definition) is 3. The number of aromatic nitrogens is 1. The number of likely N-dealkylation sites (tertiary alicyclic amines) is 1. The van der Waals surface area contributed by atoms with Gasteiger partial charge >= 0.3 is 0 Å². The molecule has 2 aliphatic heterocycles. The van der Waals surface area contributed by atoms with Crippen molar-refractivity contribution in [3.8, 4) is 11.1 Å². The second-order valence-corrected chi connectivity index (χ2v) is 9.00. The Morgan fingerprint density at radius 3 is 2.68 bits per heavy atom. The fraction of sp³-hybridized carbons (Fsp3) is 0.520. The number of nitrogens with zero attached hydrogens (tertiary/aromatic N) is 3. The van der Waals surface area contributed by atoms with E-state index in [1.807, 2.05) is 12.4 Å². The lowest BCUT2D eigenvalue weighted by atomic mass is 9.95. The summed E-state index contributed by atoms with van der Waals surface area (Å²) >= 11 is 0. The summed E-state index contributed by atoms with van der Waals surface area (Å²) in [6.45, 7) is 4.51. The molecule has 0 bridgehead atoms. The molecule has 0 spiro atoms. The normalized spacial score (nSPS) is 21.6. The van der Waals surface area contributed by atoms with E-state index in [0.717, 1.165) is 35.7 Å². The molecule has 5 rings (SSSR count). The van der Waals surface area contributed by atoms with Gasteiger partial charge < -0.3 is 15.5 Å². The Labute approximate surface area is 185 Å². The minimum atomic E-state index is -0.0590. The maximum Gasteiger partial charge on any atom is 0.173 e. The van der Waals surface area contributed by atoms with Gasteiger partial charge in [-0.2, -0.15) is 0 Å². The molecule has 1 aromatic carbocycles. The molecule has 1 unspecified atom stereocenters. The van der Waals surface area contributed by atoms with Crippen molar-refractivity contribution in [3.05, 3.63) is 42.1 Å². The van der Waals surface area contributed by atoms with Crippen molar-refractivity contribution in [2.24, 2.45) is 4.99 Å². The second-order valence-electron chi connectivity index (χ2n) is 9.00. The van der Waals surface area contributed by atoms with Crippen LogP contribution in [0.15, 0.2) is 41.5 Å². The summed E-state index contributed by atoms with van der Waals surface area (Å²) in [6, 6.07) is 11.2. The molecule has 0 amide bonds. The van der Waals surface area contributed by atoms with Crippen LogP contribution in [0.1, 0.15) is 50.5 Å². The third-order valence-electron chi connectivity index (χ3n) is 6.75. The van der Waals surface area contributed by atoms with E-state index in [-0.39, 0.29) is 6.29 Å². The van der Waals surface area contributed by atoms with E-state index in [4.69, 9.17) is 4.99 Å². The first-order valence-electron chi connectivity index (χ1n) is 12.0. The Morgan fingerprint density at radius 1 is 1.00 bits per heavy atom. The fourth-order valence-electron chi connectivity index (χ4n) is 4.99. The molecule has 1 atom stereocenters. The number of anilines is 2. The average molecular weight is 419 g/mol. The first-order valence-corrected chi connectivity index (χ1v) is 12.0. The molecule has 1 aromatic heterocycles. The standard InChI is InChI=1S/C25H34N6/c1-2-8-21(9-3-1)29-25-28-18-20-7-6-10-22(24(20)30-25)19-11-12-23(27-17-19)26-13-16-31-14-4-5-15-31/h6-7,10-12,17-18,21,25,29-30H,1-5,8-9,13-16H2,(H,26,27). The Bertz CT molecular complexity index is 881. The van der Waals surface area contributed by atoms with Gasteiger partial charge in [0.05, 0.1) is 5.69 Å². The van der Waals surface area contributed by atoms with Gasteiger partial charge in [-0.15, -0.1) is 0 Å². The van der Waals surface area contributed by atoms with Crippen molar-refractivity contribution in [2.75, 3.05) is 36.8 Å². The summed E-state index contributed by atoms with van der Waals surface area (Å²) in [6.07, 6.45) is 13.1. The predicted octanol–water partition coefficient (Wildman–Crippen LogP) is 4.31. The smallest absolute Gasteiger partial charge is 0.173 e. The van der Waals surface area contributed by atoms with Gasteiger partial charge in [-0.25, -0.2) is 4.98 Å². The van der Waals surface area contributed by atoms with Crippen molar-refractivity contribution in [1.29, 1.82) is 0 Å². The lowest BCUT2D eigenvalue weighted by Crippen LogP contribution is -2.44. The maximum atomic E-state index is 4.70. The van der Waals surface area contributed by atoms with Crippen LogP contribution in [0.4, 0.5) is 11.5 Å². The number of benzene rings is 1. The maximum absolute atomic E-state index is 4.70. The van der Waals surface area contributed by atoms with Crippen LogP contribution in [-0.2, 0) is 0 Å². The van der Waals surface area contributed by atoms with Crippen molar-refractivity contribution < 1.29 is 0 Å². The number of rotatable bonds is 7. The highest BCUT2D eigenvalue weighted by molar-refractivity contribution is 5.96. The summed E-state index contributed by atoms with van der Waals surface area (Å²) in [7, 11) is 0. The van der Waals surface area contributed by atoms with Crippen LogP contribution < -0.4 is 16.0 Å². The van der Waals surface area contributed by atoms with E-state index in [9.17, 15) is 0 Å². The van der Waals surface area contributed by atoms with E-state index in [1.54, 1.807) is 0 Å². The second kappa shape index (κ2) is 9.79. The van der Waals surface area contributed by atoms with E-state index >= 15 is 0 Å². The van der Waals surface area contributed by atoms with Crippen molar-refractivity contribution >= 4 is 17.7 Å². The average Bonchev–Trinajstić information content (AvgIpc) is 3.33. The molecule has 164 valence electrons. The monoisotopic (exact) mass is 418 g/mol. The summed E-state index contributed by atoms with van der Waals surface area (Å²) < 4.78 is 0. The molecule has 3 aliphatic rings. The zero-order valence-corrected chi connectivity index (χ0v) is 18.3. The quantitative estimate of drug-likeness (QED) is 0.625. The Hall–Kier alpha value is -2.44. The van der Waals surface area contributed by atoms with Gasteiger partial charge in [-0.05, 0) is 50.9 Å². The number of nitrogens with one attached hydrogen (secondary N) is 3. The number of pyridine rings is 1.